The van der Waals surface area contributed by atoms with Crippen LogP contribution in [0.2, 0.25) is 0 Å². The van der Waals surface area contributed by atoms with Gasteiger partial charge in [0.05, 0.1) is 18.7 Å². The largest absolute Gasteiger partial charge is 0.479 e. The van der Waals surface area contributed by atoms with Crippen LogP contribution in [0, 0.1) is 0 Å². The quantitative estimate of drug-likeness (QED) is 0.886. The van der Waals surface area contributed by atoms with Gasteiger partial charge in [-0.05, 0) is 35.1 Å². The average molecular weight is 379 g/mol. The van der Waals surface area contributed by atoms with Crippen molar-refractivity contribution in [2.24, 2.45) is 0 Å². The van der Waals surface area contributed by atoms with Crippen LogP contribution in [0.4, 0.5) is 4.79 Å². The van der Waals surface area contributed by atoms with E-state index >= 15 is 0 Å². The first-order chi connectivity index (χ1) is 13.6. The predicted octanol–water partition coefficient (Wildman–Crippen LogP) is 3.25. The summed E-state index contributed by atoms with van der Waals surface area (Å²) in [6.45, 7) is 0.526. The highest BCUT2D eigenvalue weighted by Crippen LogP contribution is 2.46. The van der Waals surface area contributed by atoms with Gasteiger partial charge in [-0.3, -0.25) is 4.90 Å². The molecule has 1 saturated heterocycles. The second-order valence-electron chi connectivity index (χ2n) is 7.78. The number of benzene rings is 2. The van der Waals surface area contributed by atoms with Gasteiger partial charge in [-0.2, -0.15) is 0 Å². The fourth-order valence-corrected chi connectivity index (χ4v) is 4.39. The van der Waals surface area contributed by atoms with E-state index in [1.807, 2.05) is 24.3 Å². The minimum Gasteiger partial charge on any atom is -0.479 e. The van der Waals surface area contributed by atoms with Crippen molar-refractivity contribution >= 4 is 12.1 Å². The molecule has 144 valence electrons. The zero-order valence-electron chi connectivity index (χ0n) is 15.3. The van der Waals surface area contributed by atoms with E-state index in [1.165, 1.54) is 11.1 Å². The predicted molar refractivity (Wildman–Crippen MR) is 101 cm³/mol. The molecule has 0 bridgehead atoms. The van der Waals surface area contributed by atoms with E-state index in [0.717, 1.165) is 24.0 Å². The molecule has 6 nitrogen and oxygen atoms in total. The molecule has 5 rings (SSSR count). The number of amides is 1. The van der Waals surface area contributed by atoms with Crippen LogP contribution in [0.1, 0.15) is 29.9 Å². The molecule has 0 radical (unpaired) electrons. The van der Waals surface area contributed by atoms with Crippen LogP contribution in [-0.4, -0.2) is 53.5 Å². The van der Waals surface area contributed by atoms with Crippen molar-refractivity contribution in [1.82, 2.24) is 4.90 Å². The third kappa shape index (κ3) is 2.67. The Balaban J connectivity index is 1.35. The first kappa shape index (κ1) is 17.3. The fraction of sp³-hybridized carbons (Fsp3) is 0.364. The summed E-state index contributed by atoms with van der Waals surface area (Å²) in [4.78, 5) is 25.7. The second-order valence-corrected chi connectivity index (χ2v) is 7.78. The lowest BCUT2D eigenvalue weighted by Crippen LogP contribution is -2.56. The third-order valence-corrected chi connectivity index (χ3v) is 6.13. The van der Waals surface area contributed by atoms with Crippen LogP contribution in [-0.2, 0) is 14.3 Å². The summed E-state index contributed by atoms with van der Waals surface area (Å²) in [6.07, 6.45) is 0.202. The summed E-state index contributed by atoms with van der Waals surface area (Å²) in [7, 11) is 0. The molecule has 0 aromatic heterocycles. The van der Waals surface area contributed by atoms with Gasteiger partial charge in [0.25, 0.3) is 0 Å². The third-order valence-electron chi connectivity index (χ3n) is 6.13. The van der Waals surface area contributed by atoms with Gasteiger partial charge in [0.2, 0.25) is 0 Å². The van der Waals surface area contributed by atoms with Gasteiger partial charge in [0.15, 0.2) is 6.10 Å². The average Bonchev–Trinajstić information content (AvgIpc) is 3.41. The summed E-state index contributed by atoms with van der Waals surface area (Å²) in [5.41, 5.74) is 4.28. The van der Waals surface area contributed by atoms with E-state index in [2.05, 4.69) is 24.3 Å². The molecule has 3 aliphatic rings. The van der Waals surface area contributed by atoms with Crippen molar-refractivity contribution in [2.45, 2.75) is 30.4 Å². The Labute approximate surface area is 162 Å². The lowest BCUT2D eigenvalue weighted by Gasteiger charge is -2.38. The summed E-state index contributed by atoms with van der Waals surface area (Å²) >= 11 is 0. The van der Waals surface area contributed by atoms with Crippen LogP contribution in [0.5, 0.6) is 0 Å². The normalized spacial score (nSPS) is 21.9. The van der Waals surface area contributed by atoms with Gasteiger partial charge in [0, 0.05) is 5.92 Å². The Morgan fingerprint density at radius 1 is 1.07 bits per heavy atom. The van der Waals surface area contributed by atoms with E-state index in [9.17, 15) is 14.7 Å². The number of carbonyl (C=O) groups is 2. The van der Waals surface area contributed by atoms with E-state index in [4.69, 9.17) is 9.47 Å². The number of hydrogen-bond donors (Lipinski definition) is 1. The van der Waals surface area contributed by atoms with Gasteiger partial charge in [-0.25, -0.2) is 9.59 Å². The molecule has 1 atom stereocenters. The van der Waals surface area contributed by atoms with Crippen LogP contribution < -0.4 is 0 Å². The molecular weight excluding hydrogens is 358 g/mol. The zero-order valence-corrected chi connectivity index (χ0v) is 15.3. The number of hydrogen-bond acceptors (Lipinski definition) is 4. The minimum atomic E-state index is -1.05. The van der Waals surface area contributed by atoms with E-state index in [0.29, 0.717) is 0 Å². The van der Waals surface area contributed by atoms with Gasteiger partial charge < -0.3 is 14.6 Å². The molecule has 1 N–H and O–H groups in total. The maximum atomic E-state index is 12.9. The molecular formula is C22H21NO5. The molecule has 1 saturated carbocycles. The minimum absolute atomic E-state index is 0.0113. The van der Waals surface area contributed by atoms with Crippen LogP contribution in [0.25, 0.3) is 11.1 Å². The Hall–Kier alpha value is -2.86. The van der Waals surface area contributed by atoms with Gasteiger partial charge >= 0.3 is 12.1 Å². The lowest BCUT2D eigenvalue weighted by molar-refractivity contribution is -0.159. The van der Waals surface area contributed by atoms with E-state index in [-0.39, 0.29) is 31.2 Å². The second kappa shape index (κ2) is 6.34. The van der Waals surface area contributed by atoms with Gasteiger partial charge in [0.1, 0.15) is 6.61 Å². The number of fused-ring (bicyclic) bond motifs is 3. The molecule has 6 heteroatoms. The molecule has 1 unspecified atom stereocenters. The van der Waals surface area contributed by atoms with Crippen molar-refractivity contribution in [3.05, 3.63) is 59.7 Å². The van der Waals surface area contributed by atoms with Gasteiger partial charge in [-0.1, -0.05) is 48.5 Å². The highest BCUT2D eigenvalue weighted by molar-refractivity contribution is 5.79. The molecule has 28 heavy (non-hydrogen) atoms. The standard InChI is InChI=1S/C22H21NO5/c24-20(25)19-11-23(22(9-10-22)13-28-19)21(26)27-12-18-16-7-3-1-5-14(16)15-6-2-4-8-17(15)18/h1-8,18-19H,9-13H2,(H,24,25). The molecule has 1 amide bonds. The number of carboxylic acid groups (broad SMARTS) is 1. The topological polar surface area (TPSA) is 76.1 Å². The number of ether oxygens (including phenoxy) is 2. The number of morpholine rings is 1. The molecule has 1 aliphatic heterocycles. The van der Waals surface area contributed by atoms with Crippen molar-refractivity contribution in [1.29, 1.82) is 0 Å². The number of carboxylic acids is 1. The Morgan fingerprint density at radius 3 is 2.25 bits per heavy atom. The highest BCUT2D eigenvalue weighted by atomic mass is 16.6. The number of aliphatic carboxylic acids is 1. The Morgan fingerprint density at radius 2 is 1.68 bits per heavy atom. The lowest BCUT2D eigenvalue weighted by atomic mass is 9.98. The molecule has 1 spiro atoms. The first-order valence-corrected chi connectivity index (χ1v) is 9.56. The van der Waals surface area contributed by atoms with Crippen LogP contribution >= 0.6 is 0 Å². The number of rotatable bonds is 3. The molecule has 2 aromatic rings. The van der Waals surface area contributed by atoms with Crippen LogP contribution in [0.15, 0.2) is 48.5 Å². The maximum absolute atomic E-state index is 12.9. The Kier molecular flexibility index (Phi) is 3.91. The van der Waals surface area contributed by atoms with Crippen molar-refractivity contribution in [3.8, 4) is 11.1 Å². The van der Waals surface area contributed by atoms with Crippen molar-refractivity contribution in [2.75, 3.05) is 19.8 Å². The maximum Gasteiger partial charge on any atom is 0.410 e. The Bertz CT molecular complexity index is 906. The SMILES string of the molecule is O=C(O)C1CN(C(=O)OCC2c3ccccc3-c3ccccc32)C2(CC2)CO1. The van der Waals surface area contributed by atoms with Crippen LogP contribution in [0.3, 0.4) is 0 Å². The summed E-state index contributed by atoms with van der Waals surface area (Å²) in [5, 5.41) is 9.25. The highest BCUT2D eigenvalue weighted by Gasteiger charge is 2.55. The molecule has 2 aliphatic carbocycles. The monoisotopic (exact) mass is 379 g/mol. The fourth-order valence-electron chi connectivity index (χ4n) is 4.39. The van der Waals surface area contributed by atoms with Gasteiger partial charge in [-0.15, -0.1) is 0 Å². The van der Waals surface area contributed by atoms with Crippen molar-refractivity contribution in [3.63, 3.8) is 0 Å². The molecule has 2 fully saturated rings. The van der Waals surface area contributed by atoms with E-state index in [1.54, 1.807) is 4.90 Å². The summed E-state index contributed by atoms with van der Waals surface area (Å²) in [5.74, 6) is -1.06. The molecule has 1 heterocycles. The number of carbonyl (C=O) groups excluding carboxylic acids is 1. The van der Waals surface area contributed by atoms with E-state index < -0.39 is 18.2 Å². The zero-order chi connectivity index (χ0) is 19.3. The smallest absolute Gasteiger partial charge is 0.410 e. The first-order valence-electron chi connectivity index (χ1n) is 9.56. The summed E-state index contributed by atoms with van der Waals surface area (Å²) < 4.78 is 11.1. The van der Waals surface area contributed by atoms with Crippen molar-refractivity contribution < 1.29 is 24.2 Å². The summed E-state index contributed by atoms with van der Waals surface area (Å²) in [6, 6.07) is 16.4. The molecule has 2 aromatic carbocycles. The number of nitrogens with zero attached hydrogens (tertiary/aromatic N) is 1.